The van der Waals surface area contributed by atoms with Crippen molar-refractivity contribution in [2.75, 3.05) is 7.11 Å². The van der Waals surface area contributed by atoms with E-state index in [4.69, 9.17) is 21.4 Å². The molecule has 3 nitrogen and oxygen atoms in total. The molecular weight excluding hydrogens is 228 g/mol. The summed E-state index contributed by atoms with van der Waals surface area (Å²) in [5, 5.41) is 9.77. The predicted molar refractivity (Wildman–Crippen MR) is 60.8 cm³/mol. The topological polar surface area (TPSA) is 46.5 Å². The van der Waals surface area contributed by atoms with E-state index in [1.165, 1.54) is 7.11 Å². The lowest BCUT2D eigenvalue weighted by Gasteiger charge is -2.22. The molecule has 0 amide bonds. The molecule has 1 unspecified atom stereocenters. The molecule has 1 aromatic carbocycles. The van der Waals surface area contributed by atoms with Gasteiger partial charge >= 0.3 is 5.97 Å². The van der Waals surface area contributed by atoms with Gasteiger partial charge in [-0.15, -0.1) is 0 Å². The summed E-state index contributed by atoms with van der Waals surface area (Å²) in [5.74, 6) is -0.907. The van der Waals surface area contributed by atoms with E-state index in [0.29, 0.717) is 5.02 Å². The summed E-state index contributed by atoms with van der Waals surface area (Å²) in [6, 6.07) is 7.33. The first-order chi connectivity index (χ1) is 7.60. The van der Waals surface area contributed by atoms with E-state index < -0.39 is 12.1 Å². The molecular formula is C12H13ClO3. The number of aliphatic carboxylic acids is 1. The van der Waals surface area contributed by atoms with Crippen LogP contribution in [0.1, 0.15) is 18.4 Å². The highest BCUT2D eigenvalue weighted by Crippen LogP contribution is 2.52. The molecule has 1 aliphatic rings. The summed E-state index contributed by atoms with van der Waals surface area (Å²) in [6.45, 7) is 0. The molecule has 16 heavy (non-hydrogen) atoms. The highest BCUT2D eigenvalue weighted by atomic mass is 35.5. The fourth-order valence-electron chi connectivity index (χ4n) is 2.18. The second-order valence-corrected chi connectivity index (χ2v) is 4.55. The van der Waals surface area contributed by atoms with Crippen LogP contribution in [0, 0.1) is 0 Å². The molecule has 1 aromatic rings. The lowest BCUT2D eigenvalue weighted by Crippen LogP contribution is -2.35. The van der Waals surface area contributed by atoms with Crippen LogP contribution in [0.5, 0.6) is 0 Å². The Balaban J connectivity index is 2.31. The molecule has 0 aliphatic heterocycles. The molecule has 1 N–H and O–H groups in total. The minimum atomic E-state index is -0.907. The Morgan fingerprint density at radius 2 is 2.00 bits per heavy atom. The van der Waals surface area contributed by atoms with Crippen molar-refractivity contribution in [2.45, 2.75) is 24.4 Å². The van der Waals surface area contributed by atoms with Gasteiger partial charge in [0.05, 0.1) is 0 Å². The Labute approximate surface area is 99.0 Å². The smallest absolute Gasteiger partial charge is 0.333 e. The number of hydrogen-bond donors (Lipinski definition) is 1. The number of carboxylic acids is 1. The molecule has 2 rings (SSSR count). The second kappa shape index (κ2) is 4.07. The summed E-state index contributed by atoms with van der Waals surface area (Å²) in [7, 11) is 1.44. The van der Waals surface area contributed by atoms with Gasteiger partial charge in [0.1, 0.15) is 0 Å². The van der Waals surface area contributed by atoms with Crippen molar-refractivity contribution in [1.29, 1.82) is 0 Å². The van der Waals surface area contributed by atoms with Gasteiger partial charge in [0.2, 0.25) is 0 Å². The highest BCUT2D eigenvalue weighted by Gasteiger charge is 2.54. The van der Waals surface area contributed by atoms with Gasteiger partial charge in [-0.3, -0.25) is 0 Å². The van der Waals surface area contributed by atoms with Crippen molar-refractivity contribution < 1.29 is 14.6 Å². The number of ether oxygens (including phenoxy) is 1. The van der Waals surface area contributed by atoms with Gasteiger partial charge in [-0.25, -0.2) is 4.79 Å². The first-order valence-corrected chi connectivity index (χ1v) is 5.49. The summed E-state index contributed by atoms with van der Waals surface area (Å²) in [4.78, 5) is 11.1. The Morgan fingerprint density at radius 1 is 1.44 bits per heavy atom. The minimum absolute atomic E-state index is 0.356. The Bertz CT molecular complexity index is 395. The molecule has 0 heterocycles. The third-order valence-electron chi connectivity index (χ3n) is 3.17. The van der Waals surface area contributed by atoms with Gasteiger partial charge in [0.15, 0.2) is 6.10 Å². The van der Waals surface area contributed by atoms with Crippen molar-refractivity contribution in [2.24, 2.45) is 0 Å². The Kier molecular flexibility index (Phi) is 2.91. The lowest BCUT2D eigenvalue weighted by molar-refractivity contribution is -0.150. The first-order valence-electron chi connectivity index (χ1n) is 5.12. The van der Waals surface area contributed by atoms with Crippen LogP contribution in [0.4, 0.5) is 0 Å². The van der Waals surface area contributed by atoms with E-state index in [1.54, 1.807) is 12.1 Å². The molecule has 0 aromatic heterocycles. The van der Waals surface area contributed by atoms with Crippen LogP contribution in [0.3, 0.4) is 0 Å². The Hall–Kier alpha value is -1.06. The average Bonchev–Trinajstić information content (AvgIpc) is 3.01. The first kappa shape index (κ1) is 11.4. The van der Waals surface area contributed by atoms with Crippen LogP contribution in [0.15, 0.2) is 24.3 Å². The van der Waals surface area contributed by atoms with Crippen LogP contribution < -0.4 is 0 Å². The number of carboxylic acid groups (broad SMARTS) is 1. The van der Waals surface area contributed by atoms with Crippen molar-refractivity contribution >= 4 is 17.6 Å². The standard InChI is InChI=1S/C12H13ClO3/c1-16-10(11(14)15)12(6-7-12)8-2-4-9(13)5-3-8/h2-5,10H,6-7H2,1H3,(H,14,15). The molecule has 86 valence electrons. The number of benzene rings is 1. The molecule has 1 aliphatic carbocycles. The monoisotopic (exact) mass is 240 g/mol. The fourth-order valence-corrected chi connectivity index (χ4v) is 2.31. The zero-order valence-electron chi connectivity index (χ0n) is 8.94. The molecule has 0 saturated heterocycles. The zero-order valence-corrected chi connectivity index (χ0v) is 9.70. The maximum Gasteiger partial charge on any atom is 0.333 e. The zero-order chi connectivity index (χ0) is 11.8. The maximum atomic E-state index is 11.1. The van der Waals surface area contributed by atoms with Crippen molar-refractivity contribution in [3.8, 4) is 0 Å². The van der Waals surface area contributed by atoms with Crippen LogP contribution >= 0.6 is 11.6 Å². The molecule has 0 spiro atoms. The molecule has 1 saturated carbocycles. The third-order valence-corrected chi connectivity index (χ3v) is 3.42. The SMILES string of the molecule is COC(C(=O)O)C1(c2ccc(Cl)cc2)CC1. The molecule has 0 bridgehead atoms. The van der Waals surface area contributed by atoms with Gasteiger partial charge in [0, 0.05) is 17.5 Å². The van der Waals surface area contributed by atoms with E-state index in [9.17, 15) is 4.79 Å². The number of hydrogen-bond acceptors (Lipinski definition) is 2. The summed E-state index contributed by atoms with van der Waals surface area (Å²) in [6.07, 6.45) is 0.924. The summed E-state index contributed by atoms with van der Waals surface area (Å²) in [5.41, 5.74) is 0.636. The van der Waals surface area contributed by atoms with Crippen molar-refractivity contribution in [3.05, 3.63) is 34.9 Å². The molecule has 1 fully saturated rings. The van der Waals surface area contributed by atoms with Gasteiger partial charge in [-0.05, 0) is 30.5 Å². The van der Waals surface area contributed by atoms with E-state index in [2.05, 4.69) is 0 Å². The summed E-state index contributed by atoms with van der Waals surface area (Å²) >= 11 is 5.81. The van der Waals surface area contributed by atoms with Crippen molar-refractivity contribution in [1.82, 2.24) is 0 Å². The van der Waals surface area contributed by atoms with Crippen molar-refractivity contribution in [3.63, 3.8) is 0 Å². The lowest BCUT2D eigenvalue weighted by atomic mass is 9.90. The maximum absolute atomic E-state index is 11.1. The van der Waals surface area contributed by atoms with Gasteiger partial charge in [-0.2, -0.15) is 0 Å². The third kappa shape index (κ3) is 1.81. The quantitative estimate of drug-likeness (QED) is 0.880. The Morgan fingerprint density at radius 3 is 2.38 bits per heavy atom. The van der Waals surface area contributed by atoms with E-state index in [0.717, 1.165) is 18.4 Å². The molecule has 4 heteroatoms. The normalized spacial score (nSPS) is 19.1. The average molecular weight is 241 g/mol. The number of halogens is 1. The minimum Gasteiger partial charge on any atom is -0.479 e. The highest BCUT2D eigenvalue weighted by molar-refractivity contribution is 6.30. The molecule has 0 radical (unpaired) electrons. The summed E-state index contributed by atoms with van der Waals surface area (Å²) < 4.78 is 5.09. The fraction of sp³-hybridized carbons (Fsp3) is 0.417. The second-order valence-electron chi connectivity index (χ2n) is 4.12. The molecule has 1 atom stereocenters. The van der Waals surface area contributed by atoms with E-state index in [-0.39, 0.29) is 5.41 Å². The predicted octanol–water partition coefficient (Wildman–Crippen LogP) is 2.47. The van der Waals surface area contributed by atoms with E-state index >= 15 is 0 Å². The van der Waals surface area contributed by atoms with Gasteiger partial charge < -0.3 is 9.84 Å². The van der Waals surface area contributed by atoms with Gasteiger partial charge in [0.25, 0.3) is 0 Å². The van der Waals surface area contributed by atoms with Crippen LogP contribution in [0.2, 0.25) is 5.02 Å². The van der Waals surface area contributed by atoms with Crippen LogP contribution in [0.25, 0.3) is 0 Å². The number of rotatable bonds is 4. The van der Waals surface area contributed by atoms with E-state index in [1.807, 2.05) is 12.1 Å². The number of carbonyl (C=O) groups is 1. The number of methoxy groups -OCH3 is 1. The largest absolute Gasteiger partial charge is 0.479 e. The van der Waals surface area contributed by atoms with Gasteiger partial charge in [-0.1, -0.05) is 23.7 Å². The van der Waals surface area contributed by atoms with Crippen LogP contribution in [-0.4, -0.2) is 24.3 Å². The van der Waals surface area contributed by atoms with Crippen LogP contribution in [-0.2, 0) is 14.9 Å².